The van der Waals surface area contributed by atoms with Gasteiger partial charge < -0.3 is 10.5 Å². The molecule has 0 aromatic heterocycles. The Kier molecular flexibility index (Phi) is 17.3. The van der Waals surface area contributed by atoms with Gasteiger partial charge in [-0.1, -0.05) is 77.6 Å². The number of unbranched alkanes of at least 4 members (excludes halogenated alkanes) is 10. The van der Waals surface area contributed by atoms with Crippen LogP contribution in [0, 0.1) is 0 Å². The van der Waals surface area contributed by atoms with Crippen molar-refractivity contribution in [1.82, 2.24) is 0 Å². The molecule has 2 N–H and O–H groups in total. The summed E-state index contributed by atoms with van der Waals surface area (Å²) in [5.41, 5.74) is 5.14. The number of amides is 1. The van der Waals surface area contributed by atoms with Crippen LogP contribution in [-0.4, -0.2) is 18.6 Å². The molecular formula is C20H41NO2. The van der Waals surface area contributed by atoms with Crippen molar-refractivity contribution >= 4 is 5.91 Å². The zero-order chi connectivity index (χ0) is 17.2. The number of carbonyl (C=O) groups excluding carboxylic acids is 1. The summed E-state index contributed by atoms with van der Waals surface area (Å²) in [6, 6.07) is 0. The molecule has 0 spiro atoms. The Morgan fingerprint density at radius 3 is 1.74 bits per heavy atom. The number of hydrogen-bond donors (Lipinski definition) is 1. The minimum Gasteiger partial charge on any atom is -0.379 e. The molecule has 1 atom stereocenters. The van der Waals surface area contributed by atoms with E-state index < -0.39 is 0 Å². The lowest BCUT2D eigenvalue weighted by atomic mass is 10.0. The highest BCUT2D eigenvalue weighted by Gasteiger charge is 2.07. The number of rotatable bonds is 18. The Bertz CT molecular complexity index is 256. The largest absolute Gasteiger partial charge is 0.379 e. The fraction of sp³-hybridized carbons (Fsp3) is 0.950. The van der Waals surface area contributed by atoms with Crippen LogP contribution in [0.15, 0.2) is 0 Å². The quantitative estimate of drug-likeness (QED) is 0.326. The maximum atomic E-state index is 10.6. The molecule has 1 amide bonds. The van der Waals surface area contributed by atoms with Crippen LogP contribution in [-0.2, 0) is 9.53 Å². The third kappa shape index (κ3) is 17.6. The van der Waals surface area contributed by atoms with E-state index in [9.17, 15) is 4.79 Å². The highest BCUT2D eigenvalue weighted by Crippen LogP contribution is 2.16. The first-order valence-electron chi connectivity index (χ1n) is 10.1. The van der Waals surface area contributed by atoms with Gasteiger partial charge in [0, 0.05) is 13.0 Å². The first-order valence-corrected chi connectivity index (χ1v) is 10.1. The average molecular weight is 328 g/mol. The molecule has 0 bridgehead atoms. The number of hydrogen-bond acceptors (Lipinski definition) is 2. The molecule has 0 saturated carbocycles. The van der Waals surface area contributed by atoms with Gasteiger partial charge in [0.25, 0.3) is 0 Å². The van der Waals surface area contributed by atoms with E-state index in [0.29, 0.717) is 12.5 Å². The monoisotopic (exact) mass is 327 g/mol. The maximum Gasteiger partial charge on any atom is 0.217 e. The number of nitrogens with two attached hydrogens (primary N) is 1. The molecule has 138 valence electrons. The molecule has 3 nitrogen and oxygen atoms in total. The van der Waals surface area contributed by atoms with E-state index in [0.717, 1.165) is 19.4 Å². The minimum atomic E-state index is -0.167. The summed E-state index contributed by atoms with van der Waals surface area (Å²) in [4.78, 5) is 10.6. The number of primary amides is 1. The lowest BCUT2D eigenvalue weighted by Gasteiger charge is -2.17. The molecule has 0 fully saturated rings. The van der Waals surface area contributed by atoms with Crippen LogP contribution in [0.5, 0.6) is 0 Å². The molecule has 0 rings (SSSR count). The second-order valence-electron chi connectivity index (χ2n) is 6.76. The zero-order valence-electron chi connectivity index (χ0n) is 15.8. The fourth-order valence-electron chi connectivity index (χ4n) is 3.08. The predicted octanol–water partition coefficient (Wildman–Crippen LogP) is 5.75. The molecule has 0 aliphatic carbocycles. The Hall–Kier alpha value is -0.570. The lowest BCUT2D eigenvalue weighted by Crippen LogP contribution is -2.12. The van der Waals surface area contributed by atoms with Crippen LogP contribution in [0.4, 0.5) is 0 Å². The Balaban J connectivity index is 3.47. The molecule has 23 heavy (non-hydrogen) atoms. The van der Waals surface area contributed by atoms with Crippen molar-refractivity contribution in [1.29, 1.82) is 0 Å². The van der Waals surface area contributed by atoms with Gasteiger partial charge in [-0.25, -0.2) is 0 Å². The molecular weight excluding hydrogens is 286 g/mol. The van der Waals surface area contributed by atoms with Crippen LogP contribution in [0.25, 0.3) is 0 Å². The molecule has 0 radical (unpaired) electrons. The second-order valence-corrected chi connectivity index (χ2v) is 6.76. The van der Waals surface area contributed by atoms with Crippen molar-refractivity contribution in [3.05, 3.63) is 0 Å². The van der Waals surface area contributed by atoms with Gasteiger partial charge in [0.05, 0.1) is 6.10 Å². The summed E-state index contributed by atoms with van der Waals surface area (Å²) in [6.07, 6.45) is 18.8. The summed E-state index contributed by atoms with van der Waals surface area (Å²) in [6.45, 7) is 5.21. The number of carbonyl (C=O) groups is 1. The van der Waals surface area contributed by atoms with E-state index in [1.54, 1.807) is 0 Å². The summed E-state index contributed by atoms with van der Waals surface area (Å²) < 4.78 is 5.89. The summed E-state index contributed by atoms with van der Waals surface area (Å²) in [5.74, 6) is -0.167. The van der Waals surface area contributed by atoms with Crippen molar-refractivity contribution in [3.8, 4) is 0 Å². The Morgan fingerprint density at radius 1 is 0.783 bits per heavy atom. The SMILES string of the molecule is CCCCCCCCC(CCCCCCCCC(N)=O)OCC. The first kappa shape index (κ1) is 22.4. The smallest absolute Gasteiger partial charge is 0.217 e. The van der Waals surface area contributed by atoms with Gasteiger partial charge in [-0.15, -0.1) is 0 Å². The van der Waals surface area contributed by atoms with E-state index >= 15 is 0 Å². The highest BCUT2D eigenvalue weighted by molar-refractivity contribution is 5.73. The standard InChI is InChI=1S/C20H41NO2/c1-3-5-6-7-10-13-16-19(23-4-2)17-14-11-8-9-12-15-18-20(21)22/h19H,3-18H2,1-2H3,(H2,21,22). The highest BCUT2D eigenvalue weighted by atomic mass is 16.5. The van der Waals surface area contributed by atoms with Crippen molar-refractivity contribution < 1.29 is 9.53 Å². The zero-order valence-corrected chi connectivity index (χ0v) is 15.8. The van der Waals surface area contributed by atoms with Crippen molar-refractivity contribution in [2.45, 2.75) is 116 Å². The van der Waals surface area contributed by atoms with Crippen LogP contribution in [0.3, 0.4) is 0 Å². The van der Waals surface area contributed by atoms with Gasteiger partial charge in [-0.2, -0.15) is 0 Å². The van der Waals surface area contributed by atoms with Gasteiger partial charge in [0.1, 0.15) is 0 Å². The predicted molar refractivity (Wildman–Crippen MR) is 99.5 cm³/mol. The van der Waals surface area contributed by atoms with Crippen molar-refractivity contribution in [2.75, 3.05) is 6.61 Å². The van der Waals surface area contributed by atoms with E-state index in [1.807, 2.05) is 0 Å². The first-order chi connectivity index (χ1) is 11.2. The van der Waals surface area contributed by atoms with E-state index in [1.165, 1.54) is 77.0 Å². The number of ether oxygens (including phenoxy) is 1. The van der Waals surface area contributed by atoms with Crippen LogP contribution in [0.1, 0.15) is 110 Å². The molecule has 1 unspecified atom stereocenters. The Morgan fingerprint density at radius 2 is 1.26 bits per heavy atom. The van der Waals surface area contributed by atoms with Crippen molar-refractivity contribution in [3.63, 3.8) is 0 Å². The van der Waals surface area contributed by atoms with Gasteiger partial charge in [0.15, 0.2) is 0 Å². The van der Waals surface area contributed by atoms with E-state index in [2.05, 4.69) is 13.8 Å². The summed E-state index contributed by atoms with van der Waals surface area (Å²) in [7, 11) is 0. The summed E-state index contributed by atoms with van der Waals surface area (Å²) in [5, 5.41) is 0. The van der Waals surface area contributed by atoms with Crippen molar-refractivity contribution in [2.24, 2.45) is 5.73 Å². The summed E-state index contributed by atoms with van der Waals surface area (Å²) >= 11 is 0. The second kappa shape index (κ2) is 17.8. The average Bonchev–Trinajstić information content (AvgIpc) is 2.52. The third-order valence-electron chi connectivity index (χ3n) is 4.48. The maximum absolute atomic E-state index is 10.6. The van der Waals surface area contributed by atoms with E-state index in [4.69, 9.17) is 10.5 Å². The van der Waals surface area contributed by atoms with Crippen LogP contribution in [0.2, 0.25) is 0 Å². The van der Waals surface area contributed by atoms with E-state index in [-0.39, 0.29) is 5.91 Å². The van der Waals surface area contributed by atoms with Gasteiger partial charge >= 0.3 is 0 Å². The van der Waals surface area contributed by atoms with Crippen LogP contribution >= 0.6 is 0 Å². The van der Waals surface area contributed by atoms with Gasteiger partial charge in [-0.3, -0.25) is 4.79 Å². The lowest BCUT2D eigenvalue weighted by molar-refractivity contribution is -0.118. The molecule has 0 heterocycles. The molecule has 0 aliphatic rings. The topological polar surface area (TPSA) is 52.3 Å². The minimum absolute atomic E-state index is 0.167. The van der Waals surface area contributed by atoms with Crippen LogP contribution < -0.4 is 5.73 Å². The molecule has 0 saturated heterocycles. The molecule has 0 aliphatic heterocycles. The van der Waals surface area contributed by atoms with Gasteiger partial charge in [0.2, 0.25) is 5.91 Å². The molecule has 0 aromatic rings. The molecule has 0 aromatic carbocycles. The van der Waals surface area contributed by atoms with Gasteiger partial charge in [-0.05, 0) is 26.2 Å². The normalized spacial score (nSPS) is 12.4. The Labute approximate surface area is 144 Å². The fourth-order valence-corrected chi connectivity index (χ4v) is 3.08. The molecule has 3 heteroatoms. The third-order valence-corrected chi connectivity index (χ3v) is 4.48.